The number of nitrogens with two attached hydrogens (primary N) is 5. The van der Waals surface area contributed by atoms with Gasteiger partial charge in [0.15, 0.2) is 6.23 Å². The number of carbonyl (C=O) groups is 4. The van der Waals surface area contributed by atoms with Gasteiger partial charge in [0.1, 0.15) is 40.7 Å². The zero-order valence-electron chi connectivity index (χ0n) is 73.2. The molecule has 0 spiro atoms. The Morgan fingerprint density at radius 1 is 0.548 bits per heavy atom. The van der Waals surface area contributed by atoms with Crippen molar-refractivity contribution >= 4 is 164 Å². The molecular formula is C89H118BBr2ClN20O13. The van der Waals surface area contributed by atoms with E-state index < -0.39 is 11.6 Å². The Morgan fingerprint density at radius 2 is 1.01 bits per heavy atom. The molecule has 33 nitrogen and oxygen atoms in total. The van der Waals surface area contributed by atoms with E-state index >= 15 is 0 Å². The fourth-order valence-corrected chi connectivity index (χ4v) is 14.7. The molecule has 2 atom stereocenters. The third kappa shape index (κ3) is 29.6. The standard InChI is InChI=1S/C20H23N5O3.C19H22N6O2.C16H20BrN3O2.C14H23BN2O3.C9H6BrClN2.C7H15NO2.C4H9NO/c21-18-12-15(22-8-7-20(26)27)14-5-4-13(11-16(14)24-18)17-6-9-23-25(17)19-3-1-2-10-28-19;20-18-12-16(21-5-4-19(26)25-7-9-27-10-8-25)14-2-1-13(11-17(14)23-18)15-3-6-22-24-15;1-16(2,3)22-15(21)6-7-19-12-9-14(18)20-13-8-10(17)4-5-11(12)13;1-13(2)14(3,4)20-15(19-13)11-8-9-16-17(11)12-7-5-6-10-18-12;10-5-1-2-6-7(11)4-9(12)13-8(6)3-5;1-7(2,3)10-6(9)4-5-8;1-3-6-4-2-5-1/h4-6,9,11-12,19H,1-3,7-8,10H2,(H,26,27)(H3,21,22,24);1-3,6,11-12H,4-5,7-10H2,(H,22,24)(H3,20,21,23);4-5,8-9H,6-7H2,1-3H3,(H3,18,19,20);8-9,12H,5-7,10H2,1-4H3;1-4H,(H2,12,13);4-5,8H2,1-3H3;5H,1-4H2. The van der Waals surface area contributed by atoms with Gasteiger partial charge in [0, 0.05) is 167 Å². The molecular weight excluding hydrogens is 1760 g/mol. The van der Waals surface area contributed by atoms with E-state index in [4.69, 9.17) is 83.1 Å². The van der Waals surface area contributed by atoms with Gasteiger partial charge in [0.2, 0.25) is 5.91 Å². The number of carboxylic acid groups (broad SMARTS) is 1. The normalized spacial score (nSPS) is 16.6. The summed E-state index contributed by atoms with van der Waals surface area (Å²) in [6.45, 7) is 29.0. The maximum atomic E-state index is 12.3. The highest BCUT2D eigenvalue weighted by molar-refractivity contribution is 9.10. The van der Waals surface area contributed by atoms with Gasteiger partial charge in [-0.3, -0.25) is 24.3 Å². The number of aromatic amines is 1. The highest BCUT2D eigenvalue weighted by Gasteiger charge is 2.53. The Labute approximate surface area is 756 Å². The van der Waals surface area contributed by atoms with E-state index in [9.17, 15) is 19.2 Å². The number of fused-ring (bicyclic) bond motifs is 4. The van der Waals surface area contributed by atoms with Crippen LogP contribution in [0, 0.1) is 0 Å². The summed E-state index contributed by atoms with van der Waals surface area (Å²) in [4.78, 5) is 64.7. The van der Waals surface area contributed by atoms with Crippen molar-refractivity contribution in [3.05, 3.63) is 148 Å². The first-order chi connectivity index (χ1) is 60.1. The van der Waals surface area contributed by atoms with Crippen LogP contribution in [0.3, 0.4) is 0 Å². The molecule has 5 aliphatic rings. The Hall–Kier alpha value is -10.4. The number of carbonyl (C=O) groups excluding carboxylic acids is 3. The Balaban J connectivity index is 0.000000159. The number of benzene rings is 4. The average molecular weight is 1880 g/mol. The summed E-state index contributed by atoms with van der Waals surface area (Å²) in [5.74, 6) is 0.529. The number of ether oxygens (including phenoxy) is 6. The van der Waals surface area contributed by atoms with Crippen LogP contribution in [0.15, 0.2) is 143 Å². The minimum atomic E-state index is -0.848. The number of anilines is 7. The molecule has 37 heteroatoms. The number of rotatable bonds is 19. The molecule has 0 saturated carbocycles. The van der Waals surface area contributed by atoms with Crippen molar-refractivity contribution in [2.45, 2.75) is 168 Å². The first-order valence-electron chi connectivity index (χ1n) is 42.2. The van der Waals surface area contributed by atoms with Crippen LogP contribution in [0.1, 0.15) is 146 Å². The molecule has 676 valence electrons. The van der Waals surface area contributed by atoms with Gasteiger partial charge in [-0.2, -0.15) is 15.3 Å². The third-order valence-electron chi connectivity index (χ3n) is 20.4. The molecule has 0 radical (unpaired) electrons. The Bertz CT molecular complexity index is 5360. The SMILES string of the molecule is C1COCCN1.CC(C)(C)OC(=O)CCN.CC(C)(C)OC(=O)CCNc1cc(N)nc2cc(Br)ccc12.CC1(C)OB(c2ccnn2C2CCCCO2)OC1(C)C.Nc1cc(Cl)c2ccc(Br)cc2n1.Nc1cc(NCCC(=O)N2CCOCC2)c2ccc(-c3ccn[nH]3)cc2n1.Nc1cc(NCCC(=O)O)c2ccc(-c3ccnn3C3CCCCO3)cc2n1. The van der Waals surface area contributed by atoms with E-state index in [1.807, 2.05) is 147 Å². The molecule has 5 fully saturated rings. The highest BCUT2D eigenvalue weighted by atomic mass is 79.9. The minimum Gasteiger partial charge on any atom is -0.481 e. The topological polar surface area (TPSA) is 460 Å². The number of hydrogen-bond donors (Lipinski definition) is 11. The van der Waals surface area contributed by atoms with Gasteiger partial charge in [-0.15, -0.1) is 0 Å². The highest BCUT2D eigenvalue weighted by Crippen LogP contribution is 2.39. The molecule has 11 aromatic rings. The number of halogens is 3. The van der Waals surface area contributed by atoms with Crippen molar-refractivity contribution in [2.75, 3.05) is 131 Å². The monoisotopic (exact) mass is 1880 g/mol. The van der Waals surface area contributed by atoms with Crippen LogP contribution in [0.4, 0.5) is 40.3 Å². The first kappa shape index (κ1) is 97.8. The first-order valence-corrected chi connectivity index (χ1v) is 44.2. The number of nitrogens with zero attached hydrogens (tertiary/aromatic N) is 10. The lowest BCUT2D eigenvalue weighted by Gasteiger charge is -2.32. The second-order valence-corrected chi connectivity index (χ2v) is 35.4. The third-order valence-corrected chi connectivity index (χ3v) is 21.7. The molecule has 16 rings (SSSR count). The smallest absolute Gasteiger partial charge is 0.481 e. The van der Waals surface area contributed by atoms with E-state index in [1.54, 1.807) is 42.9 Å². The van der Waals surface area contributed by atoms with Crippen molar-refractivity contribution in [2.24, 2.45) is 5.73 Å². The number of H-pyrrole nitrogens is 1. The van der Waals surface area contributed by atoms with Crippen molar-refractivity contribution in [3.8, 4) is 22.5 Å². The van der Waals surface area contributed by atoms with Crippen LogP contribution < -0.4 is 55.5 Å². The van der Waals surface area contributed by atoms with Gasteiger partial charge in [-0.05, 0) is 174 Å². The second kappa shape index (κ2) is 46.4. The average Bonchev–Trinajstić information content (AvgIpc) is 1.61. The van der Waals surface area contributed by atoms with Gasteiger partial charge in [0.25, 0.3) is 0 Å². The van der Waals surface area contributed by atoms with Crippen LogP contribution in [0.5, 0.6) is 0 Å². The number of carboxylic acids is 1. The van der Waals surface area contributed by atoms with Gasteiger partial charge in [-0.25, -0.2) is 29.3 Å². The van der Waals surface area contributed by atoms with Crippen LogP contribution in [0.25, 0.3) is 66.1 Å². The van der Waals surface area contributed by atoms with Crippen molar-refractivity contribution < 1.29 is 62.0 Å². The summed E-state index contributed by atoms with van der Waals surface area (Å²) in [6, 6.07) is 36.3. The van der Waals surface area contributed by atoms with Crippen LogP contribution in [-0.2, 0) is 56.9 Å². The number of pyridine rings is 4. The number of nitrogens with one attached hydrogen (secondary N) is 5. The van der Waals surface area contributed by atoms with E-state index in [0.717, 1.165) is 169 Å². The summed E-state index contributed by atoms with van der Waals surface area (Å²) in [5, 5.41) is 41.9. The number of aromatic nitrogens is 10. The Kier molecular flexibility index (Phi) is 36.0. The molecule has 1 amide bonds. The van der Waals surface area contributed by atoms with Crippen molar-refractivity contribution in [1.82, 2.24) is 59.9 Å². The van der Waals surface area contributed by atoms with Gasteiger partial charge in [-0.1, -0.05) is 73.8 Å². The zero-order chi connectivity index (χ0) is 90.7. The van der Waals surface area contributed by atoms with Crippen LogP contribution in [-0.4, -0.2) is 205 Å². The molecule has 12 heterocycles. The fourth-order valence-electron chi connectivity index (χ4n) is 13.7. The predicted octanol–water partition coefficient (Wildman–Crippen LogP) is 14.3. The van der Waals surface area contributed by atoms with E-state index in [1.165, 1.54) is 6.42 Å². The molecule has 16 N–H and O–H groups in total. The van der Waals surface area contributed by atoms with E-state index in [0.29, 0.717) is 93.6 Å². The van der Waals surface area contributed by atoms with Crippen molar-refractivity contribution in [1.29, 1.82) is 0 Å². The summed E-state index contributed by atoms with van der Waals surface area (Å²) in [6.07, 6.45) is 12.8. The number of morpholine rings is 2. The molecule has 2 unspecified atom stereocenters. The number of aliphatic carboxylic acids is 1. The van der Waals surface area contributed by atoms with Crippen LogP contribution >= 0.6 is 43.5 Å². The summed E-state index contributed by atoms with van der Waals surface area (Å²) in [7, 11) is -0.381. The van der Waals surface area contributed by atoms with Gasteiger partial charge in [0.05, 0.1) is 101 Å². The summed E-state index contributed by atoms with van der Waals surface area (Å²) >= 11 is 12.8. The van der Waals surface area contributed by atoms with Gasteiger partial charge < -0.3 is 97.7 Å². The van der Waals surface area contributed by atoms with Crippen LogP contribution in [0.2, 0.25) is 5.02 Å². The maximum absolute atomic E-state index is 12.3. The lowest BCUT2D eigenvalue weighted by molar-refractivity contribution is -0.155. The molecule has 5 aliphatic heterocycles. The number of esters is 2. The molecule has 4 aromatic carbocycles. The van der Waals surface area contributed by atoms with E-state index in [-0.39, 0.29) is 67.1 Å². The fraction of sp³-hybridized carbons (Fsp3) is 0.449. The lowest BCUT2D eigenvalue weighted by Crippen LogP contribution is -2.42. The predicted molar refractivity (Wildman–Crippen MR) is 503 cm³/mol. The molecule has 126 heavy (non-hydrogen) atoms. The van der Waals surface area contributed by atoms with Crippen molar-refractivity contribution in [3.63, 3.8) is 0 Å². The Morgan fingerprint density at radius 3 is 1.50 bits per heavy atom. The lowest BCUT2D eigenvalue weighted by atomic mass is 9.84. The number of nitrogen functional groups attached to an aromatic ring is 4. The minimum absolute atomic E-state index is 0.00720. The molecule has 7 aromatic heterocycles. The number of hydrogen-bond acceptors (Lipinski definition) is 28. The zero-order valence-corrected chi connectivity index (χ0v) is 77.2. The summed E-state index contributed by atoms with van der Waals surface area (Å²) in [5.41, 5.74) is 37.4. The maximum Gasteiger partial charge on any atom is 0.514 e. The molecule has 0 aliphatic carbocycles. The van der Waals surface area contributed by atoms with E-state index in [2.05, 4.69) is 121 Å². The number of amides is 1. The largest absolute Gasteiger partial charge is 0.514 e. The molecule has 5 saturated heterocycles. The second-order valence-electron chi connectivity index (χ2n) is 33.2. The molecule has 0 bridgehead atoms. The summed E-state index contributed by atoms with van der Waals surface area (Å²) < 4.78 is 50.2. The quantitative estimate of drug-likeness (QED) is 0.0264. The van der Waals surface area contributed by atoms with Gasteiger partial charge >= 0.3 is 25.0 Å².